The van der Waals surface area contributed by atoms with E-state index in [0.29, 0.717) is 11.8 Å². The molecule has 1 aromatic heterocycles. The number of rotatable bonds is 2. The quantitative estimate of drug-likeness (QED) is 0.739. The maximum absolute atomic E-state index is 5.78. The van der Waals surface area contributed by atoms with Crippen LogP contribution in [0, 0.1) is 0 Å². The van der Waals surface area contributed by atoms with Crippen molar-refractivity contribution in [2.24, 2.45) is 0 Å². The molecule has 0 amide bonds. The van der Waals surface area contributed by atoms with Crippen LogP contribution in [-0.4, -0.2) is 4.98 Å². The van der Waals surface area contributed by atoms with Crippen LogP contribution < -0.4 is 0 Å². The van der Waals surface area contributed by atoms with Gasteiger partial charge in [-0.3, -0.25) is 0 Å². The van der Waals surface area contributed by atoms with E-state index in [0.717, 1.165) is 18.5 Å². The van der Waals surface area contributed by atoms with Crippen molar-refractivity contribution in [2.45, 2.75) is 24.6 Å². The Morgan fingerprint density at radius 3 is 2.50 bits per heavy atom. The molecule has 1 nitrogen and oxygen atoms in total. The molecule has 0 unspecified atom stereocenters. The number of halogens is 1. The molecule has 0 saturated heterocycles. The molecule has 2 aromatic rings. The fourth-order valence-corrected chi connectivity index (χ4v) is 3.46. The van der Waals surface area contributed by atoms with E-state index < -0.39 is 0 Å². The van der Waals surface area contributed by atoms with Crippen molar-refractivity contribution in [3.8, 4) is 0 Å². The Morgan fingerprint density at radius 1 is 1.25 bits per heavy atom. The second-order valence-electron chi connectivity index (χ2n) is 4.18. The van der Waals surface area contributed by atoms with E-state index in [9.17, 15) is 0 Å². The highest BCUT2D eigenvalue weighted by Gasteiger charge is 2.24. The number of aromatic nitrogens is 1. The third kappa shape index (κ3) is 1.76. The molecule has 3 rings (SSSR count). The Balaban J connectivity index is 1.85. The predicted molar refractivity (Wildman–Crippen MR) is 68.3 cm³/mol. The lowest BCUT2D eigenvalue weighted by Gasteiger charge is -2.03. The highest BCUT2D eigenvalue weighted by molar-refractivity contribution is 7.09. The topological polar surface area (TPSA) is 12.9 Å². The molecule has 1 aromatic carbocycles. The van der Waals surface area contributed by atoms with Crippen molar-refractivity contribution in [3.05, 3.63) is 51.5 Å². The highest BCUT2D eigenvalue weighted by atomic mass is 35.5. The summed E-state index contributed by atoms with van der Waals surface area (Å²) >= 11 is 7.53. The molecule has 16 heavy (non-hydrogen) atoms. The number of benzene rings is 1. The molecule has 0 saturated carbocycles. The summed E-state index contributed by atoms with van der Waals surface area (Å²) in [6.07, 6.45) is 2.26. The first-order valence-electron chi connectivity index (χ1n) is 5.44. The molecule has 1 aliphatic rings. The molecule has 1 aliphatic carbocycles. The molecular formula is C13H12ClNS. The maximum Gasteiger partial charge on any atom is 0.0966 e. The van der Waals surface area contributed by atoms with Gasteiger partial charge >= 0.3 is 0 Å². The molecule has 0 spiro atoms. The number of hydrogen-bond donors (Lipinski definition) is 0. The first kappa shape index (κ1) is 10.3. The first-order valence-corrected chi connectivity index (χ1v) is 6.85. The lowest BCUT2D eigenvalue weighted by atomic mass is 10.1. The van der Waals surface area contributed by atoms with Crippen molar-refractivity contribution < 1.29 is 0 Å². The van der Waals surface area contributed by atoms with Crippen molar-refractivity contribution >= 4 is 22.9 Å². The van der Waals surface area contributed by atoms with Gasteiger partial charge in [-0.15, -0.1) is 22.9 Å². The average Bonchev–Trinajstić information content (AvgIpc) is 2.95. The maximum atomic E-state index is 5.78. The van der Waals surface area contributed by atoms with Gasteiger partial charge in [-0.2, -0.15) is 0 Å². The zero-order valence-corrected chi connectivity index (χ0v) is 10.4. The third-order valence-electron chi connectivity index (χ3n) is 3.11. The summed E-state index contributed by atoms with van der Waals surface area (Å²) < 4.78 is 0. The van der Waals surface area contributed by atoms with Gasteiger partial charge in [-0.05, 0) is 24.0 Å². The van der Waals surface area contributed by atoms with E-state index in [1.165, 1.54) is 16.1 Å². The van der Waals surface area contributed by atoms with E-state index in [2.05, 4.69) is 34.6 Å². The van der Waals surface area contributed by atoms with Gasteiger partial charge in [0, 0.05) is 11.3 Å². The van der Waals surface area contributed by atoms with Crippen molar-refractivity contribution in [1.82, 2.24) is 4.98 Å². The van der Waals surface area contributed by atoms with Gasteiger partial charge in [0.25, 0.3) is 0 Å². The van der Waals surface area contributed by atoms with E-state index >= 15 is 0 Å². The lowest BCUT2D eigenvalue weighted by Crippen LogP contribution is -1.97. The Kier molecular flexibility index (Phi) is 2.70. The van der Waals surface area contributed by atoms with Crippen LogP contribution in [0.1, 0.15) is 27.7 Å². The van der Waals surface area contributed by atoms with E-state index in [1.54, 1.807) is 11.3 Å². The third-order valence-corrected chi connectivity index (χ3v) is 4.44. The number of fused-ring (bicyclic) bond motifs is 1. The van der Waals surface area contributed by atoms with Gasteiger partial charge in [0.2, 0.25) is 0 Å². The largest absolute Gasteiger partial charge is 0.245 e. The Labute approximate surface area is 104 Å². The summed E-state index contributed by atoms with van der Waals surface area (Å²) in [4.78, 5) is 4.58. The molecular weight excluding hydrogens is 238 g/mol. The van der Waals surface area contributed by atoms with Crippen LogP contribution in [0.4, 0.5) is 0 Å². The Bertz CT molecular complexity index is 481. The zero-order chi connectivity index (χ0) is 11.0. The predicted octanol–water partition coefficient (Wildman–Crippen LogP) is 3.76. The normalized spacial score (nSPS) is 15.3. The minimum absolute atomic E-state index is 0.524. The van der Waals surface area contributed by atoms with Crippen LogP contribution in [0.15, 0.2) is 29.6 Å². The van der Waals surface area contributed by atoms with Crippen LogP contribution in [0.3, 0.4) is 0 Å². The van der Waals surface area contributed by atoms with Crippen molar-refractivity contribution in [2.75, 3.05) is 0 Å². The van der Waals surface area contributed by atoms with Gasteiger partial charge in [0.15, 0.2) is 0 Å². The van der Waals surface area contributed by atoms with Crippen LogP contribution in [0.5, 0.6) is 0 Å². The van der Waals surface area contributed by atoms with Crippen LogP contribution in [0.2, 0.25) is 0 Å². The molecule has 3 heteroatoms. The molecule has 0 atom stereocenters. The molecule has 0 N–H and O–H groups in total. The van der Waals surface area contributed by atoms with Crippen molar-refractivity contribution in [1.29, 1.82) is 0 Å². The minimum Gasteiger partial charge on any atom is -0.245 e. The van der Waals surface area contributed by atoms with Crippen LogP contribution in [0.25, 0.3) is 0 Å². The summed E-state index contributed by atoms with van der Waals surface area (Å²) in [6, 6.07) is 8.69. The fourth-order valence-electron chi connectivity index (χ4n) is 2.30. The van der Waals surface area contributed by atoms with E-state index in [4.69, 9.17) is 11.6 Å². The van der Waals surface area contributed by atoms with Gasteiger partial charge in [-0.1, -0.05) is 24.3 Å². The number of alkyl halides is 1. The molecule has 0 fully saturated rings. The second kappa shape index (κ2) is 4.19. The van der Waals surface area contributed by atoms with Crippen molar-refractivity contribution in [3.63, 3.8) is 0 Å². The van der Waals surface area contributed by atoms with E-state index in [1.807, 2.05) is 0 Å². The smallest absolute Gasteiger partial charge is 0.0966 e. The summed E-state index contributed by atoms with van der Waals surface area (Å²) in [5, 5.41) is 3.32. The Morgan fingerprint density at radius 2 is 1.94 bits per heavy atom. The SMILES string of the molecule is ClCc1csc(C2Cc3ccccc3C2)n1. The minimum atomic E-state index is 0.524. The monoisotopic (exact) mass is 249 g/mol. The summed E-state index contributed by atoms with van der Waals surface area (Å²) in [5.74, 6) is 1.09. The number of thiazole rings is 1. The van der Waals surface area contributed by atoms with Crippen LogP contribution in [-0.2, 0) is 18.7 Å². The Hall–Kier alpha value is -0.860. The van der Waals surface area contributed by atoms with Gasteiger partial charge in [0.1, 0.15) is 0 Å². The zero-order valence-electron chi connectivity index (χ0n) is 8.82. The highest BCUT2D eigenvalue weighted by Crippen LogP contribution is 2.35. The van der Waals surface area contributed by atoms with Gasteiger partial charge < -0.3 is 0 Å². The summed E-state index contributed by atoms with van der Waals surface area (Å²) in [7, 11) is 0. The average molecular weight is 250 g/mol. The lowest BCUT2D eigenvalue weighted by molar-refractivity contribution is 0.731. The van der Waals surface area contributed by atoms with Gasteiger partial charge in [-0.25, -0.2) is 4.98 Å². The summed E-state index contributed by atoms with van der Waals surface area (Å²) in [6.45, 7) is 0. The van der Waals surface area contributed by atoms with Gasteiger partial charge in [0.05, 0.1) is 16.6 Å². The number of nitrogens with zero attached hydrogens (tertiary/aromatic N) is 1. The number of hydrogen-bond acceptors (Lipinski definition) is 2. The summed E-state index contributed by atoms with van der Waals surface area (Å²) in [5.41, 5.74) is 3.97. The molecule has 1 heterocycles. The second-order valence-corrected chi connectivity index (χ2v) is 5.34. The molecule has 0 radical (unpaired) electrons. The fraction of sp³-hybridized carbons (Fsp3) is 0.308. The molecule has 82 valence electrons. The molecule has 0 bridgehead atoms. The van der Waals surface area contributed by atoms with E-state index in [-0.39, 0.29) is 0 Å². The first-order chi connectivity index (χ1) is 7.86. The molecule has 0 aliphatic heterocycles. The van der Waals surface area contributed by atoms with Crippen LogP contribution >= 0.6 is 22.9 Å². The standard InChI is InChI=1S/C13H12ClNS/c14-7-12-8-16-13(15-12)11-5-9-3-1-2-4-10(9)6-11/h1-4,8,11H,5-7H2.